The van der Waals surface area contributed by atoms with Gasteiger partial charge in [-0.3, -0.25) is 38.6 Å². The third-order valence-corrected chi connectivity index (χ3v) is 12.5. The van der Waals surface area contributed by atoms with E-state index in [-0.39, 0.29) is 43.0 Å². The molecule has 2 aromatic heterocycles. The molecule has 2 amide bonds. The van der Waals surface area contributed by atoms with Gasteiger partial charge in [0.15, 0.2) is 0 Å². The van der Waals surface area contributed by atoms with Gasteiger partial charge in [0.1, 0.15) is 17.5 Å². The van der Waals surface area contributed by atoms with Crippen LogP contribution in [0.3, 0.4) is 0 Å². The predicted octanol–water partition coefficient (Wildman–Crippen LogP) is 5.25. The van der Waals surface area contributed by atoms with Crippen molar-refractivity contribution in [2.75, 3.05) is 33.9 Å². The van der Waals surface area contributed by atoms with Gasteiger partial charge in [-0.1, -0.05) is 24.3 Å². The number of nitrogens with zero attached hydrogens (tertiary/aromatic N) is 5. The molecule has 5 heterocycles. The molecule has 58 heavy (non-hydrogen) atoms. The van der Waals surface area contributed by atoms with Gasteiger partial charge >= 0.3 is 5.69 Å². The molecule has 8 rings (SSSR count). The number of halogens is 2. The van der Waals surface area contributed by atoms with Crippen LogP contribution in [0.4, 0.5) is 8.78 Å². The quantitative estimate of drug-likeness (QED) is 0.212. The van der Waals surface area contributed by atoms with Crippen LogP contribution >= 0.6 is 0 Å². The Morgan fingerprint density at radius 1 is 0.845 bits per heavy atom. The number of carbonyl (C=O) groups excluding carboxylic acids is 2. The molecule has 12 nitrogen and oxygen atoms in total. The van der Waals surface area contributed by atoms with E-state index in [2.05, 4.69) is 5.32 Å². The van der Waals surface area contributed by atoms with Gasteiger partial charge in [0.25, 0.3) is 11.5 Å². The number of hydrogen-bond donors (Lipinski definition) is 1. The lowest BCUT2D eigenvalue weighted by molar-refractivity contribution is -0.135. The molecular formula is C44H48F2N6O6. The smallest absolute Gasteiger partial charge is 0.329 e. The minimum absolute atomic E-state index is 0.0666. The fourth-order valence-corrected chi connectivity index (χ4v) is 9.28. The van der Waals surface area contributed by atoms with Crippen LogP contribution in [0.15, 0.2) is 64.3 Å². The first-order valence-corrected chi connectivity index (χ1v) is 19.6. The monoisotopic (exact) mass is 794 g/mol. The second-order valence-corrected chi connectivity index (χ2v) is 15.9. The maximum atomic E-state index is 16.3. The number of pyridine rings is 1. The number of aromatic nitrogens is 3. The number of aryl methyl sites for hydroxylation is 2. The summed E-state index contributed by atoms with van der Waals surface area (Å²) in [6, 6.07) is 13.7. The van der Waals surface area contributed by atoms with Gasteiger partial charge in [0, 0.05) is 69.6 Å². The molecule has 5 aromatic rings. The Kier molecular flexibility index (Phi) is 10.1. The highest BCUT2D eigenvalue weighted by Gasteiger charge is 2.48. The molecule has 3 aliphatic heterocycles. The van der Waals surface area contributed by atoms with Crippen LogP contribution in [0, 0.1) is 13.8 Å². The highest BCUT2D eigenvalue weighted by molar-refractivity contribution is 6.01. The molecule has 1 N–H and O–H groups in total. The van der Waals surface area contributed by atoms with Crippen molar-refractivity contribution < 1.29 is 27.8 Å². The molecule has 3 aromatic carbocycles. The Morgan fingerprint density at radius 3 is 2.28 bits per heavy atom. The van der Waals surface area contributed by atoms with Crippen LogP contribution in [0.1, 0.15) is 53.1 Å². The number of amides is 2. The van der Waals surface area contributed by atoms with Gasteiger partial charge in [0.05, 0.1) is 43.4 Å². The first-order chi connectivity index (χ1) is 27.7. The van der Waals surface area contributed by atoms with Crippen LogP contribution < -0.4 is 26.0 Å². The van der Waals surface area contributed by atoms with Crippen LogP contribution in [-0.4, -0.2) is 81.1 Å². The van der Waals surface area contributed by atoms with Crippen molar-refractivity contribution in [1.82, 2.24) is 28.8 Å². The summed E-state index contributed by atoms with van der Waals surface area (Å²) < 4.78 is 48.8. The molecule has 2 atom stereocenters. The third kappa shape index (κ3) is 6.71. The molecule has 14 heteroatoms. The van der Waals surface area contributed by atoms with Crippen molar-refractivity contribution >= 4 is 22.8 Å². The normalized spacial score (nSPS) is 19.9. The number of fused-ring (bicyclic) bond motifs is 2. The zero-order valence-corrected chi connectivity index (χ0v) is 33.7. The number of benzene rings is 3. The van der Waals surface area contributed by atoms with Gasteiger partial charge in [0.2, 0.25) is 11.8 Å². The summed E-state index contributed by atoms with van der Waals surface area (Å²) in [4.78, 5) is 54.4. The van der Waals surface area contributed by atoms with Crippen molar-refractivity contribution in [2.24, 2.45) is 14.1 Å². The Labute approximate surface area is 334 Å². The van der Waals surface area contributed by atoms with E-state index < -0.39 is 30.5 Å². The lowest BCUT2D eigenvalue weighted by atomic mass is 9.91. The number of alkyl halides is 2. The van der Waals surface area contributed by atoms with Gasteiger partial charge in [-0.25, -0.2) is 13.6 Å². The van der Waals surface area contributed by atoms with E-state index in [1.165, 1.54) is 9.13 Å². The number of methoxy groups -OCH3 is 2. The number of nitrogens with one attached hydrogen (secondary N) is 1. The molecule has 2 fully saturated rings. The van der Waals surface area contributed by atoms with Gasteiger partial charge in [-0.05, 0) is 85.2 Å². The van der Waals surface area contributed by atoms with Crippen LogP contribution in [-0.2, 0) is 43.2 Å². The summed E-state index contributed by atoms with van der Waals surface area (Å²) in [6.07, 6.45) is 3.08. The lowest BCUT2D eigenvalue weighted by Crippen LogP contribution is -2.58. The fraction of sp³-hybridized carbons (Fsp3) is 0.409. The van der Waals surface area contributed by atoms with Crippen molar-refractivity contribution in [3.8, 4) is 33.8 Å². The summed E-state index contributed by atoms with van der Waals surface area (Å²) >= 11 is 0. The third-order valence-electron chi connectivity index (χ3n) is 12.5. The van der Waals surface area contributed by atoms with Gasteiger partial charge < -0.3 is 14.0 Å². The Hall–Kier alpha value is -5.60. The van der Waals surface area contributed by atoms with Crippen molar-refractivity contribution in [2.45, 2.75) is 70.6 Å². The molecule has 0 bridgehead atoms. The van der Waals surface area contributed by atoms with Crippen molar-refractivity contribution in [3.63, 3.8) is 0 Å². The summed E-state index contributed by atoms with van der Waals surface area (Å²) in [5.74, 6) is -2.80. The number of piperidine rings is 2. The van der Waals surface area contributed by atoms with E-state index in [4.69, 9.17) is 9.47 Å². The molecule has 2 unspecified atom stereocenters. The number of rotatable bonds is 8. The number of imidazole rings is 1. The van der Waals surface area contributed by atoms with E-state index in [0.29, 0.717) is 59.7 Å². The molecule has 0 radical (unpaired) electrons. The summed E-state index contributed by atoms with van der Waals surface area (Å²) in [7, 11) is 6.50. The van der Waals surface area contributed by atoms with E-state index >= 15 is 8.78 Å². The summed E-state index contributed by atoms with van der Waals surface area (Å²) in [5, 5.41) is 2.36. The Morgan fingerprint density at radius 2 is 1.59 bits per heavy atom. The first kappa shape index (κ1) is 39.2. The van der Waals surface area contributed by atoms with Crippen LogP contribution in [0.5, 0.6) is 11.5 Å². The Balaban J connectivity index is 1.02. The number of carbonyl (C=O) groups is 2. The number of ether oxygens (including phenoxy) is 2. The van der Waals surface area contributed by atoms with E-state index in [1.54, 1.807) is 57.0 Å². The van der Waals surface area contributed by atoms with E-state index in [1.807, 2.05) is 54.3 Å². The zero-order chi connectivity index (χ0) is 41.2. The minimum atomic E-state index is -3.00. The summed E-state index contributed by atoms with van der Waals surface area (Å²) in [6.45, 7) is 4.83. The van der Waals surface area contributed by atoms with Gasteiger partial charge in [-0.2, -0.15) is 0 Å². The highest BCUT2D eigenvalue weighted by Crippen LogP contribution is 2.41. The Bertz CT molecular complexity index is 2580. The average Bonchev–Trinajstić information content (AvgIpc) is 3.46. The lowest BCUT2D eigenvalue weighted by Gasteiger charge is -2.45. The maximum Gasteiger partial charge on any atom is 0.329 e. The second kappa shape index (κ2) is 15.0. The molecule has 0 aliphatic carbocycles. The molecule has 0 spiro atoms. The second-order valence-electron chi connectivity index (χ2n) is 15.9. The van der Waals surface area contributed by atoms with E-state index in [9.17, 15) is 19.2 Å². The number of para-hydroxylation sites is 1. The number of likely N-dealkylation sites (tertiary alicyclic amines) is 1. The predicted molar refractivity (Wildman–Crippen MR) is 216 cm³/mol. The minimum Gasteiger partial charge on any atom is -0.496 e. The van der Waals surface area contributed by atoms with Crippen molar-refractivity contribution in [3.05, 3.63) is 103 Å². The van der Waals surface area contributed by atoms with Crippen LogP contribution in [0.25, 0.3) is 33.3 Å². The van der Waals surface area contributed by atoms with Gasteiger partial charge in [-0.15, -0.1) is 0 Å². The molecule has 2 saturated heterocycles. The SMILES string of the molecule is COc1cc(-c2cn(C)c(=O)c(C)c2C)cc(OC)c1CN1CCC(N2CCc3ccc(-c4cccc5c4n(C)c(=O)n5C4CCC(=O)NC4=O)cc3C2)C(F)(F)C1. The number of imide groups is 1. The topological polar surface area (TPSA) is 120 Å². The van der Waals surface area contributed by atoms with Crippen LogP contribution in [0.2, 0.25) is 0 Å². The standard InChI is InChI=1S/C44H48F2N6O6/c1-25-26(2)42(55)48(3)22-32(25)29-19-36(57-5)33(37(20-29)58-6)23-50-16-15-38(44(45,46)24-50)51-17-14-27-10-11-28(18-30(27)21-51)31-8-7-9-34-40(31)49(4)43(56)52(34)35-12-13-39(53)47-41(35)54/h7-11,18-20,22,35,38H,12-17,21,23-24H2,1-6H3,(H,47,53,54). The molecule has 3 aliphatic rings. The summed E-state index contributed by atoms with van der Waals surface area (Å²) in [5.41, 5.74) is 8.38. The first-order valence-electron chi connectivity index (χ1n) is 19.6. The van der Waals surface area contributed by atoms with E-state index in [0.717, 1.165) is 38.9 Å². The highest BCUT2D eigenvalue weighted by atomic mass is 19.3. The molecule has 0 saturated carbocycles. The molecule has 304 valence electrons. The van der Waals surface area contributed by atoms with Crippen molar-refractivity contribution in [1.29, 1.82) is 0 Å². The fourth-order valence-electron chi connectivity index (χ4n) is 9.28. The number of hydrogen-bond acceptors (Lipinski definition) is 8. The zero-order valence-electron chi connectivity index (χ0n) is 33.7. The average molecular weight is 795 g/mol. The largest absolute Gasteiger partial charge is 0.496 e. The maximum absolute atomic E-state index is 16.3. The molecular weight excluding hydrogens is 747 g/mol.